The van der Waals surface area contributed by atoms with E-state index in [0.717, 1.165) is 41.6 Å². The summed E-state index contributed by atoms with van der Waals surface area (Å²) in [5, 5.41) is 0. The summed E-state index contributed by atoms with van der Waals surface area (Å²) in [7, 11) is 1.69. The Balaban J connectivity index is 1.89. The molecule has 4 nitrogen and oxygen atoms in total. The van der Waals surface area contributed by atoms with Gasteiger partial charge in [-0.2, -0.15) is 0 Å². The maximum absolute atomic E-state index is 5.71. The van der Waals surface area contributed by atoms with Crippen molar-refractivity contribution in [3.63, 3.8) is 0 Å². The van der Waals surface area contributed by atoms with Gasteiger partial charge in [-0.25, -0.2) is 0 Å². The molecule has 0 saturated carbocycles. The first-order valence-corrected chi connectivity index (χ1v) is 7.59. The van der Waals surface area contributed by atoms with E-state index < -0.39 is 0 Å². The summed E-state index contributed by atoms with van der Waals surface area (Å²) in [5.41, 5.74) is 2.24. The van der Waals surface area contributed by atoms with Crippen LogP contribution in [0.1, 0.15) is 12.5 Å². The molecule has 1 aliphatic rings. The molecule has 1 heterocycles. The third-order valence-corrected chi connectivity index (χ3v) is 3.75. The third-order valence-electron chi connectivity index (χ3n) is 3.75. The highest BCUT2D eigenvalue weighted by Crippen LogP contribution is 2.36. The van der Waals surface area contributed by atoms with Crippen molar-refractivity contribution in [2.75, 3.05) is 31.8 Å². The quantitative estimate of drug-likeness (QED) is 0.845. The number of methoxy groups -OCH3 is 1. The van der Waals surface area contributed by atoms with Gasteiger partial charge in [0.1, 0.15) is 12.4 Å². The molecular weight excluding hydrogens is 278 g/mol. The van der Waals surface area contributed by atoms with Crippen LogP contribution >= 0.6 is 0 Å². The van der Waals surface area contributed by atoms with Gasteiger partial charge in [0.15, 0.2) is 11.5 Å². The van der Waals surface area contributed by atoms with Crippen molar-refractivity contribution >= 4 is 5.69 Å². The van der Waals surface area contributed by atoms with Crippen LogP contribution in [0.5, 0.6) is 17.2 Å². The van der Waals surface area contributed by atoms with Crippen molar-refractivity contribution in [1.29, 1.82) is 0 Å². The molecule has 1 aliphatic heterocycles. The highest BCUT2D eigenvalue weighted by atomic mass is 16.5. The number of anilines is 1. The highest BCUT2D eigenvalue weighted by molar-refractivity contribution is 5.60. The maximum Gasteiger partial charge on any atom is 0.165 e. The molecule has 0 aromatic heterocycles. The van der Waals surface area contributed by atoms with E-state index in [1.165, 1.54) is 0 Å². The molecule has 2 aromatic carbocycles. The van der Waals surface area contributed by atoms with Gasteiger partial charge in [0.2, 0.25) is 0 Å². The van der Waals surface area contributed by atoms with Crippen molar-refractivity contribution in [3.8, 4) is 17.2 Å². The first-order valence-electron chi connectivity index (χ1n) is 7.59. The van der Waals surface area contributed by atoms with Crippen LogP contribution < -0.4 is 19.1 Å². The molecule has 3 rings (SSSR count). The van der Waals surface area contributed by atoms with E-state index >= 15 is 0 Å². The second-order valence-electron chi connectivity index (χ2n) is 5.12. The van der Waals surface area contributed by atoms with Gasteiger partial charge in [0.25, 0.3) is 0 Å². The van der Waals surface area contributed by atoms with Gasteiger partial charge < -0.3 is 19.1 Å². The molecule has 0 bridgehead atoms. The summed E-state index contributed by atoms with van der Waals surface area (Å²) < 4.78 is 16.9. The van der Waals surface area contributed by atoms with Gasteiger partial charge in [-0.15, -0.1) is 0 Å². The van der Waals surface area contributed by atoms with E-state index in [2.05, 4.69) is 17.0 Å². The van der Waals surface area contributed by atoms with Gasteiger partial charge in [0, 0.05) is 12.1 Å². The fourth-order valence-corrected chi connectivity index (χ4v) is 2.78. The number of ether oxygens (including phenoxy) is 3. The monoisotopic (exact) mass is 299 g/mol. The van der Waals surface area contributed by atoms with Crippen LogP contribution in [-0.2, 0) is 6.54 Å². The molecule has 2 aromatic rings. The predicted molar refractivity (Wildman–Crippen MR) is 87.2 cm³/mol. The molecule has 0 radical (unpaired) electrons. The first kappa shape index (κ1) is 14.6. The summed E-state index contributed by atoms with van der Waals surface area (Å²) >= 11 is 0. The Hall–Kier alpha value is -2.36. The Bertz CT molecular complexity index is 642. The van der Waals surface area contributed by atoms with E-state index in [-0.39, 0.29) is 0 Å². The van der Waals surface area contributed by atoms with Gasteiger partial charge in [-0.1, -0.05) is 24.3 Å². The normalized spacial score (nSPS) is 13.3. The zero-order chi connectivity index (χ0) is 15.4. The molecule has 0 saturated heterocycles. The van der Waals surface area contributed by atoms with E-state index in [9.17, 15) is 0 Å². The third kappa shape index (κ3) is 2.82. The molecule has 22 heavy (non-hydrogen) atoms. The fraction of sp³-hybridized carbons (Fsp3) is 0.333. The number of nitrogens with zero attached hydrogens (tertiary/aromatic N) is 1. The second-order valence-corrected chi connectivity index (χ2v) is 5.12. The molecule has 0 spiro atoms. The second kappa shape index (κ2) is 6.60. The molecule has 0 unspecified atom stereocenters. The Labute approximate surface area is 131 Å². The molecule has 0 N–H and O–H groups in total. The number of benzene rings is 2. The van der Waals surface area contributed by atoms with Crippen molar-refractivity contribution in [1.82, 2.24) is 0 Å². The summed E-state index contributed by atoms with van der Waals surface area (Å²) in [6.45, 7) is 4.93. The predicted octanol–water partition coefficient (Wildman–Crippen LogP) is 3.49. The van der Waals surface area contributed by atoms with Crippen molar-refractivity contribution in [2.45, 2.75) is 13.5 Å². The van der Waals surface area contributed by atoms with Crippen molar-refractivity contribution in [3.05, 3.63) is 48.0 Å². The maximum atomic E-state index is 5.71. The van der Waals surface area contributed by atoms with Crippen molar-refractivity contribution in [2.24, 2.45) is 0 Å². The first-order chi connectivity index (χ1) is 10.8. The lowest BCUT2D eigenvalue weighted by Gasteiger charge is -2.31. The van der Waals surface area contributed by atoms with E-state index in [1.807, 2.05) is 37.3 Å². The number of hydrogen-bond donors (Lipinski definition) is 0. The van der Waals surface area contributed by atoms with Crippen LogP contribution in [0.25, 0.3) is 0 Å². The largest absolute Gasteiger partial charge is 0.493 e. The summed E-state index contributed by atoms with van der Waals surface area (Å²) in [5.74, 6) is 2.55. The molecule has 0 amide bonds. The molecule has 0 aliphatic carbocycles. The van der Waals surface area contributed by atoms with E-state index in [1.54, 1.807) is 7.11 Å². The number of fused-ring (bicyclic) bond motifs is 1. The Morgan fingerprint density at radius 1 is 1.14 bits per heavy atom. The number of rotatable bonds is 5. The summed E-state index contributed by atoms with van der Waals surface area (Å²) in [4.78, 5) is 2.31. The summed E-state index contributed by atoms with van der Waals surface area (Å²) in [6.07, 6.45) is 0. The van der Waals surface area contributed by atoms with Gasteiger partial charge >= 0.3 is 0 Å². The average Bonchev–Trinajstić information content (AvgIpc) is 2.56. The smallest absolute Gasteiger partial charge is 0.165 e. The Kier molecular flexibility index (Phi) is 4.37. The molecule has 116 valence electrons. The van der Waals surface area contributed by atoms with Crippen LogP contribution in [0.4, 0.5) is 5.69 Å². The molecule has 0 atom stereocenters. The van der Waals surface area contributed by atoms with Gasteiger partial charge in [-0.3, -0.25) is 0 Å². The van der Waals surface area contributed by atoms with Crippen LogP contribution in [0, 0.1) is 0 Å². The minimum atomic E-state index is 0.625. The topological polar surface area (TPSA) is 30.9 Å². The highest BCUT2D eigenvalue weighted by Gasteiger charge is 2.20. The Morgan fingerprint density at radius 3 is 2.82 bits per heavy atom. The number of hydrogen-bond acceptors (Lipinski definition) is 4. The minimum Gasteiger partial charge on any atom is -0.493 e. The van der Waals surface area contributed by atoms with E-state index in [0.29, 0.717) is 13.2 Å². The number of para-hydroxylation sites is 3. The lowest BCUT2D eigenvalue weighted by atomic mass is 10.1. The Morgan fingerprint density at radius 2 is 2.00 bits per heavy atom. The summed E-state index contributed by atoms with van der Waals surface area (Å²) in [6, 6.07) is 14.2. The SMILES string of the molecule is CCOc1cccc(CN2CCOc3ccccc32)c1OC. The van der Waals surface area contributed by atoms with Gasteiger partial charge in [-0.05, 0) is 25.1 Å². The zero-order valence-corrected chi connectivity index (χ0v) is 13.0. The fourth-order valence-electron chi connectivity index (χ4n) is 2.78. The van der Waals surface area contributed by atoms with Crippen molar-refractivity contribution < 1.29 is 14.2 Å². The standard InChI is InChI=1S/C18H21NO3/c1-3-21-17-10-6-7-14(18(17)20-2)13-19-11-12-22-16-9-5-4-8-15(16)19/h4-10H,3,11-13H2,1-2H3. The van der Waals surface area contributed by atoms with Crippen LogP contribution in [0.3, 0.4) is 0 Å². The zero-order valence-electron chi connectivity index (χ0n) is 13.0. The van der Waals surface area contributed by atoms with Gasteiger partial charge in [0.05, 0.1) is 25.9 Å². The molecule has 4 heteroatoms. The minimum absolute atomic E-state index is 0.625. The average molecular weight is 299 g/mol. The lowest BCUT2D eigenvalue weighted by molar-refractivity contribution is 0.302. The van der Waals surface area contributed by atoms with Crippen LogP contribution in [0.2, 0.25) is 0 Å². The van der Waals surface area contributed by atoms with E-state index in [4.69, 9.17) is 14.2 Å². The van der Waals surface area contributed by atoms with Crippen LogP contribution in [-0.4, -0.2) is 26.9 Å². The molecular formula is C18H21NO3. The molecule has 0 fully saturated rings. The lowest BCUT2D eigenvalue weighted by Crippen LogP contribution is -2.32. The van der Waals surface area contributed by atoms with Crippen LogP contribution in [0.15, 0.2) is 42.5 Å².